The van der Waals surface area contributed by atoms with Crippen LogP contribution in [0.5, 0.6) is 0 Å². The summed E-state index contributed by atoms with van der Waals surface area (Å²) in [6.45, 7) is 5.11. The number of carbonyl (C=O) groups is 3. The third kappa shape index (κ3) is 6.56. The van der Waals surface area contributed by atoms with Gasteiger partial charge in [-0.2, -0.15) is 5.26 Å². The lowest BCUT2D eigenvalue weighted by molar-refractivity contribution is -0.118. The van der Waals surface area contributed by atoms with Crippen LogP contribution < -0.4 is 10.6 Å². The van der Waals surface area contributed by atoms with Gasteiger partial charge < -0.3 is 20.1 Å². The minimum Gasteiger partial charge on any atom is -0.464 e. The third-order valence-electron chi connectivity index (χ3n) is 3.70. The van der Waals surface area contributed by atoms with Crippen LogP contribution in [0.1, 0.15) is 42.4 Å². The number of thiazole rings is 1. The van der Waals surface area contributed by atoms with Crippen LogP contribution in [0.15, 0.2) is 29.6 Å². The fraction of sp³-hybridized carbons (Fsp3) is 0.350. The first-order chi connectivity index (χ1) is 14.1. The van der Waals surface area contributed by atoms with Crippen molar-refractivity contribution in [3.05, 3.63) is 46.5 Å². The topological polar surface area (TPSA) is 130 Å². The minimum absolute atomic E-state index is 0.0595. The summed E-state index contributed by atoms with van der Waals surface area (Å²) in [5.41, 5.74) is 0.291. The number of amides is 2. The molecule has 0 bridgehead atoms. The number of esters is 1. The molecule has 0 unspecified atom stereocenters. The Balaban J connectivity index is 2.22. The number of rotatable bonds is 6. The maximum atomic E-state index is 12.9. The zero-order chi connectivity index (χ0) is 22.3. The summed E-state index contributed by atoms with van der Waals surface area (Å²) in [6, 6.07) is 7.80. The normalized spacial score (nSPS) is 11.7. The van der Waals surface area contributed by atoms with Crippen LogP contribution in [0.4, 0.5) is 9.93 Å². The first-order valence-corrected chi connectivity index (χ1v) is 9.83. The van der Waals surface area contributed by atoms with Crippen molar-refractivity contribution in [3.8, 4) is 6.07 Å². The molecule has 0 spiro atoms. The van der Waals surface area contributed by atoms with Gasteiger partial charge in [-0.25, -0.2) is 14.6 Å². The number of aromatic nitrogens is 1. The van der Waals surface area contributed by atoms with Crippen molar-refractivity contribution in [2.24, 2.45) is 0 Å². The first kappa shape index (κ1) is 22.8. The summed E-state index contributed by atoms with van der Waals surface area (Å²) in [4.78, 5) is 40.6. The maximum absolute atomic E-state index is 12.9. The molecule has 0 aliphatic heterocycles. The van der Waals surface area contributed by atoms with Gasteiger partial charge in [0.2, 0.25) is 5.91 Å². The summed E-state index contributed by atoms with van der Waals surface area (Å²) in [6.07, 6.45) is -0.712. The monoisotopic (exact) mass is 430 g/mol. The molecule has 9 nitrogen and oxygen atoms in total. The number of ether oxygens (including phenoxy) is 2. The average Bonchev–Trinajstić information content (AvgIpc) is 3.14. The Morgan fingerprint density at radius 1 is 1.27 bits per heavy atom. The molecule has 1 atom stereocenters. The maximum Gasteiger partial charge on any atom is 0.408 e. The van der Waals surface area contributed by atoms with Crippen LogP contribution in [0.2, 0.25) is 0 Å². The smallest absolute Gasteiger partial charge is 0.408 e. The van der Waals surface area contributed by atoms with E-state index in [1.54, 1.807) is 45.0 Å². The number of nitrogens with one attached hydrogen (secondary N) is 2. The molecule has 10 heteroatoms. The molecule has 0 radical (unpaired) electrons. The number of anilines is 1. The van der Waals surface area contributed by atoms with Crippen LogP contribution in [0.25, 0.3) is 0 Å². The second kappa shape index (κ2) is 9.84. The standard InChI is InChI=1S/C20H22N4O5S/c1-20(2,3)29-19(27)23-14(9-12-7-5-6-8-13(12)10-21)16(25)24-18-22-15(11-30-18)17(26)28-4/h5-8,11,14H,9H2,1-4H3,(H,23,27)(H,22,24,25)/t14-/m0/s1. The van der Waals surface area contributed by atoms with Gasteiger partial charge in [0.1, 0.15) is 11.6 Å². The number of carbonyl (C=O) groups excluding carboxylic acids is 3. The average molecular weight is 430 g/mol. The molecule has 0 fully saturated rings. The molecular formula is C20H22N4O5S. The lowest BCUT2D eigenvalue weighted by atomic mass is 10.0. The predicted octanol–water partition coefficient (Wildman–Crippen LogP) is 2.88. The van der Waals surface area contributed by atoms with E-state index in [0.29, 0.717) is 11.1 Å². The quantitative estimate of drug-likeness (QED) is 0.674. The van der Waals surface area contributed by atoms with Crippen LogP contribution in [-0.4, -0.2) is 41.7 Å². The molecule has 158 valence electrons. The summed E-state index contributed by atoms with van der Waals surface area (Å²) in [5.74, 6) is -1.20. The van der Waals surface area contributed by atoms with Gasteiger partial charge in [-0.05, 0) is 32.4 Å². The Hall–Kier alpha value is -3.45. The van der Waals surface area contributed by atoms with E-state index < -0.39 is 29.6 Å². The van der Waals surface area contributed by atoms with Gasteiger partial charge in [-0.1, -0.05) is 18.2 Å². The van der Waals surface area contributed by atoms with Crippen molar-refractivity contribution in [2.75, 3.05) is 12.4 Å². The van der Waals surface area contributed by atoms with Gasteiger partial charge in [0, 0.05) is 11.8 Å². The molecule has 0 aliphatic carbocycles. The Morgan fingerprint density at radius 2 is 1.97 bits per heavy atom. The molecule has 30 heavy (non-hydrogen) atoms. The van der Waals surface area contributed by atoms with E-state index in [9.17, 15) is 19.6 Å². The van der Waals surface area contributed by atoms with Crippen LogP contribution in [0.3, 0.4) is 0 Å². The van der Waals surface area contributed by atoms with Crippen molar-refractivity contribution in [3.63, 3.8) is 0 Å². The van der Waals surface area contributed by atoms with Gasteiger partial charge in [0.05, 0.1) is 18.7 Å². The summed E-state index contributed by atoms with van der Waals surface area (Å²) < 4.78 is 9.84. The van der Waals surface area contributed by atoms with Crippen LogP contribution in [-0.2, 0) is 20.7 Å². The fourth-order valence-corrected chi connectivity index (χ4v) is 3.09. The molecule has 0 saturated carbocycles. The highest BCUT2D eigenvalue weighted by Gasteiger charge is 2.26. The second-order valence-corrected chi connectivity index (χ2v) is 8.05. The van der Waals surface area contributed by atoms with E-state index in [4.69, 9.17) is 4.74 Å². The molecular weight excluding hydrogens is 408 g/mol. The highest BCUT2D eigenvalue weighted by Crippen LogP contribution is 2.18. The van der Waals surface area contributed by atoms with E-state index in [0.717, 1.165) is 11.3 Å². The minimum atomic E-state index is -1.04. The lowest BCUT2D eigenvalue weighted by Gasteiger charge is -2.23. The Labute approximate surface area is 178 Å². The number of benzene rings is 1. The molecule has 2 N–H and O–H groups in total. The molecule has 2 aromatic rings. The van der Waals surface area contributed by atoms with E-state index >= 15 is 0 Å². The molecule has 1 heterocycles. The second-order valence-electron chi connectivity index (χ2n) is 7.19. The Bertz CT molecular complexity index is 974. The summed E-state index contributed by atoms with van der Waals surface area (Å²) in [5, 5.41) is 16.0. The molecule has 1 aromatic carbocycles. The van der Waals surface area contributed by atoms with E-state index in [2.05, 4.69) is 26.4 Å². The predicted molar refractivity (Wildman–Crippen MR) is 110 cm³/mol. The SMILES string of the molecule is COC(=O)c1csc(NC(=O)[C@H](Cc2ccccc2C#N)NC(=O)OC(C)(C)C)n1. The fourth-order valence-electron chi connectivity index (χ4n) is 2.41. The van der Waals surface area contributed by atoms with Gasteiger partial charge in [-0.3, -0.25) is 4.79 Å². The zero-order valence-corrected chi connectivity index (χ0v) is 17.8. The lowest BCUT2D eigenvalue weighted by Crippen LogP contribution is -2.47. The van der Waals surface area contributed by atoms with Crippen molar-refractivity contribution in [1.82, 2.24) is 10.3 Å². The van der Waals surface area contributed by atoms with Crippen molar-refractivity contribution >= 4 is 34.4 Å². The summed E-state index contributed by atoms with van der Waals surface area (Å²) in [7, 11) is 1.23. The van der Waals surface area contributed by atoms with Gasteiger partial charge in [0.25, 0.3) is 0 Å². The zero-order valence-electron chi connectivity index (χ0n) is 17.0. The molecule has 0 saturated heterocycles. The highest BCUT2D eigenvalue weighted by atomic mass is 32.1. The largest absolute Gasteiger partial charge is 0.464 e. The summed E-state index contributed by atoms with van der Waals surface area (Å²) >= 11 is 1.04. The van der Waals surface area contributed by atoms with E-state index in [1.165, 1.54) is 12.5 Å². The number of alkyl carbamates (subject to hydrolysis) is 1. The molecule has 2 rings (SSSR count). The molecule has 1 aromatic heterocycles. The number of methoxy groups -OCH3 is 1. The number of hydrogen-bond acceptors (Lipinski definition) is 8. The van der Waals surface area contributed by atoms with Gasteiger partial charge in [0.15, 0.2) is 10.8 Å². The van der Waals surface area contributed by atoms with Crippen LogP contribution >= 0.6 is 11.3 Å². The van der Waals surface area contributed by atoms with Crippen molar-refractivity contribution in [1.29, 1.82) is 5.26 Å². The molecule has 0 aliphatic rings. The Morgan fingerprint density at radius 3 is 2.60 bits per heavy atom. The Kier molecular flexibility index (Phi) is 7.49. The third-order valence-corrected chi connectivity index (χ3v) is 4.46. The van der Waals surface area contributed by atoms with Crippen LogP contribution in [0, 0.1) is 11.3 Å². The number of nitrogens with zero attached hydrogens (tertiary/aromatic N) is 2. The van der Waals surface area contributed by atoms with Crippen molar-refractivity contribution in [2.45, 2.75) is 38.8 Å². The van der Waals surface area contributed by atoms with Gasteiger partial charge >= 0.3 is 12.1 Å². The van der Waals surface area contributed by atoms with Crippen molar-refractivity contribution < 1.29 is 23.9 Å². The first-order valence-electron chi connectivity index (χ1n) is 8.95. The molecule has 2 amide bonds. The van der Waals surface area contributed by atoms with E-state index in [1.807, 2.05) is 0 Å². The number of hydrogen-bond donors (Lipinski definition) is 2. The van der Waals surface area contributed by atoms with E-state index in [-0.39, 0.29) is 17.2 Å². The van der Waals surface area contributed by atoms with Gasteiger partial charge in [-0.15, -0.1) is 11.3 Å². The highest BCUT2D eigenvalue weighted by molar-refractivity contribution is 7.14. The number of nitriles is 1.